The van der Waals surface area contributed by atoms with Crippen molar-refractivity contribution in [1.29, 1.82) is 0 Å². The molecule has 4 aliphatic heterocycles. The van der Waals surface area contributed by atoms with E-state index in [1.54, 1.807) is 17.0 Å². The van der Waals surface area contributed by atoms with Crippen molar-refractivity contribution in [3.63, 3.8) is 0 Å². The Morgan fingerprint density at radius 3 is 2.40 bits per heavy atom. The Kier molecular flexibility index (Phi) is 8.78. The van der Waals surface area contributed by atoms with Crippen LogP contribution < -0.4 is 16.0 Å². The highest BCUT2D eigenvalue weighted by molar-refractivity contribution is 5.90. The van der Waals surface area contributed by atoms with Crippen LogP contribution in [0.3, 0.4) is 0 Å². The molecule has 5 rings (SSSR count). The molecule has 5 N–H and O–H groups in total. The van der Waals surface area contributed by atoms with Crippen LogP contribution in [-0.2, 0) is 35.3 Å². The van der Waals surface area contributed by atoms with Crippen LogP contribution in [-0.4, -0.2) is 130 Å². The van der Waals surface area contributed by atoms with Gasteiger partial charge in [-0.2, -0.15) is 0 Å². The standard InChI is InChI=1S/C28H38N6O8/c1-15(35)30-18-5-3-17(4-6-18)12-33-13-19-9-20(33)28(41)32-7-8-34(16(2)36)21(14-32)27(40)29-11-23-26(39)25(38)22(42-23)10-24(37)31-19/h3-6,19-23,25-26,38-39H,7-14H2,1-2H3,(H,29,40)(H,30,35)(H,31,37)/t19-,20-,21-,22-,23+,25-,26+/m0/s1. The van der Waals surface area contributed by atoms with Gasteiger partial charge in [0.25, 0.3) is 0 Å². The van der Waals surface area contributed by atoms with Crippen LogP contribution in [0.4, 0.5) is 5.69 Å². The van der Waals surface area contributed by atoms with Crippen molar-refractivity contribution in [2.45, 2.75) is 75.8 Å². The first-order valence-corrected chi connectivity index (χ1v) is 14.3. The van der Waals surface area contributed by atoms with Gasteiger partial charge in [0, 0.05) is 58.3 Å². The number of aliphatic hydroxyl groups is 2. The number of fused-ring (bicyclic) bond motifs is 6. The molecule has 0 aromatic heterocycles. The molecule has 0 spiro atoms. The van der Waals surface area contributed by atoms with Gasteiger partial charge in [-0.05, 0) is 24.1 Å². The average Bonchev–Trinajstić information content (AvgIpc) is 3.46. The first kappa shape index (κ1) is 29.9. The molecule has 228 valence electrons. The lowest BCUT2D eigenvalue weighted by atomic mass is 10.0. The average molecular weight is 587 g/mol. The number of hydrogen-bond donors (Lipinski definition) is 5. The highest BCUT2D eigenvalue weighted by Gasteiger charge is 2.46. The number of rotatable bonds is 3. The Hall–Kier alpha value is -3.59. The molecule has 4 saturated heterocycles. The summed E-state index contributed by atoms with van der Waals surface area (Å²) in [6, 6.07) is 5.40. The van der Waals surface area contributed by atoms with Crippen molar-refractivity contribution < 1.29 is 38.9 Å². The van der Waals surface area contributed by atoms with E-state index in [-0.39, 0.29) is 62.3 Å². The van der Waals surface area contributed by atoms with Crippen molar-refractivity contribution >= 4 is 35.2 Å². The summed E-state index contributed by atoms with van der Waals surface area (Å²) in [6.45, 7) is 3.88. The molecule has 14 heteroatoms. The predicted molar refractivity (Wildman–Crippen MR) is 148 cm³/mol. The van der Waals surface area contributed by atoms with Crippen LogP contribution in [0.15, 0.2) is 24.3 Å². The molecule has 0 saturated carbocycles. The lowest BCUT2D eigenvalue weighted by molar-refractivity contribution is -0.149. The van der Waals surface area contributed by atoms with E-state index in [1.165, 1.54) is 18.7 Å². The number of nitrogens with zero attached hydrogens (tertiary/aromatic N) is 3. The van der Waals surface area contributed by atoms with Gasteiger partial charge < -0.3 is 40.7 Å². The van der Waals surface area contributed by atoms with Gasteiger partial charge in [-0.25, -0.2) is 0 Å². The minimum Gasteiger partial charge on any atom is -0.388 e. The molecule has 5 amide bonds. The Morgan fingerprint density at radius 2 is 1.71 bits per heavy atom. The minimum absolute atomic E-state index is 0.00362. The number of piperazine rings is 1. The van der Waals surface area contributed by atoms with Gasteiger partial charge >= 0.3 is 0 Å². The normalized spacial score (nSPS) is 32.4. The van der Waals surface area contributed by atoms with Crippen LogP contribution in [0.5, 0.6) is 0 Å². The number of ether oxygens (including phenoxy) is 1. The molecular weight excluding hydrogens is 548 g/mol. The summed E-state index contributed by atoms with van der Waals surface area (Å²) in [5.74, 6) is -1.54. The fourth-order valence-corrected chi connectivity index (χ4v) is 6.32. The molecule has 0 radical (unpaired) electrons. The Bertz CT molecular complexity index is 1230. The number of aliphatic hydroxyl groups excluding tert-OH is 2. The van der Waals surface area contributed by atoms with E-state index in [1.807, 2.05) is 17.0 Å². The van der Waals surface area contributed by atoms with Gasteiger partial charge in [0.15, 0.2) is 0 Å². The third kappa shape index (κ3) is 6.41. The molecular formula is C28H38N6O8. The summed E-state index contributed by atoms with van der Waals surface area (Å²) in [5.41, 5.74) is 1.56. The topological polar surface area (TPSA) is 181 Å². The van der Waals surface area contributed by atoms with Gasteiger partial charge in [0.05, 0.1) is 25.1 Å². The maximum Gasteiger partial charge on any atom is 0.244 e. The number of likely N-dealkylation sites (tertiary alicyclic amines) is 1. The zero-order chi connectivity index (χ0) is 30.1. The van der Waals surface area contributed by atoms with Crippen LogP contribution in [0, 0.1) is 0 Å². The molecule has 7 atom stereocenters. The number of amides is 5. The number of hydrogen-bond acceptors (Lipinski definition) is 9. The molecule has 6 bridgehead atoms. The Morgan fingerprint density at radius 1 is 1.00 bits per heavy atom. The molecule has 1 aromatic carbocycles. The lowest BCUT2D eigenvalue weighted by Crippen LogP contribution is -2.63. The van der Waals surface area contributed by atoms with Crippen molar-refractivity contribution in [2.75, 3.05) is 38.0 Å². The predicted octanol–water partition coefficient (Wildman–Crippen LogP) is -2.23. The molecule has 42 heavy (non-hydrogen) atoms. The van der Waals surface area contributed by atoms with Crippen LogP contribution in [0.25, 0.3) is 0 Å². The van der Waals surface area contributed by atoms with E-state index in [0.717, 1.165) is 5.56 Å². The SMILES string of the molecule is CC(=O)Nc1ccc(CN2C[C@@H]3C[C@H]2C(=O)N2CCN(C(C)=O)[C@@H](C2)C(=O)NC[C@H]2O[C@@H](CC(=O)N3)[C@H](O)[C@@H]2O)cc1. The summed E-state index contributed by atoms with van der Waals surface area (Å²) >= 11 is 0. The highest BCUT2D eigenvalue weighted by Crippen LogP contribution is 2.27. The fraction of sp³-hybridized carbons (Fsp3) is 0.607. The molecule has 4 heterocycles. The quantitative estimate of drug-likeness (QED) is 0.262. The fourth-order valence-electron chi connectivity index (χ4n) is 6.32. The van der Waals surface area contributed by atoms with Gasteiger partial charge in [-0.1, -0.05) is 12.1 Å². The first-order chi connectivity index (χ1) is 20.0. The summed E-state index contributed by atoms with van der Waals surface area (Å²) in [4.78, 5) is 68.9. The zero-order valence-corrected chi connectivity index (χ0v) is 23.7. The highest BCUT2D eigenvalue weighted by atomic mass is 16.5. The summed E-state index contributed by atoms with van der Waals surface area (Å²) < 4.78 is 5.76. The summed E-state index contributed by atoms with van der Waals surface area (Å²) in [5, 5.41) is 29.4. The smallest absolute Gasteiger partial charge is 0.244 e. The molecule has 0 aliphatic carbocycles. The number of nitrogens with one attached hydrogen (secondary N) is 3. The zero-order valence-electron chi connectivity index (χ0n) is 23.7. The largest absolute Gasteiger partial charge is 0.388 e. The van der Waals surface area contributed by atoms with Gasteiger partial charge in [-0.15, -0.1) is 0 Å². The van der Waals surface area contributed by atoms with Gasteiger partial charge in [-0.3, -0.25) is 28.9 Å². The van der Waals surface area contributed by atoms with Crippen molar-refractivity contribution in [2.24, 2.45) is 0 Å². The molecule has 4 aliphatic rings. The third-order valence-corrected chi connectivity index (χ3v) is 8.44. The van der Waals surface area contributed by atoms with Crippen molar-refractivity contribution in [3.8, 4) is 0 Å². The number of carbonyl (C=O) groups excluding carboxylic acids is 5. The monoisotopic (exact) mass is 586 g/mol. The van der Waals surface area contributed by atoms with E-state index < -0.39 is 42.4 Å². The second-order valence-electron chi connectivity index (χ2n) is 11.5. The summed E-state index contributed by atoms with van der Waals surface area (Å²) in [6.07, 6.45) is -4.40. The minimum atomic E-state index is -1.32. The molecule has 0 unspecified atom stereocenters. The number of anilines is 1. The molecule has 14 nitrogen and oxygen atoms in total. The van der Waals surface area contributed by atoms with Crippen LogP contribution >= 0.6 is 0 Å². The van der Waals surface area contributed by atoms with E-state index in [0.29, 0.717) is 25.2 Å². The first-order valence-electron chi connectivity index (χ1n) is 14.3. The molecule has 4 fully saturated rings. The second kappa shape index (κ2) is 12.3. The van der Waals surface area contributed by atoms with E-state index in [2.05, 4.69) is 16.0 Å². The Balaban J connectivity index is 1.40. The van der Waals surface area contributed by atoms with Gasteiger partial charge in [0.2, 0.25) is 29.5 Å². The second-order valence-corrected chi connectivity index (χ2v) is 11.5. The van der Waals surface area contributed by atoms with E-state index in [9.17, 15) is 34.2 Å². The molecule has 1 aromatic rings. The number of benzene rings is 1. The maximum atomic E-state index is 14.0. The van der Waals surface area contributed by atoms with Crippen LogP contribution in [0.2, 0.25) is 0 Å². The van der Waals surface area contributed by atoms with E-state index in [4.69, 9.17) is 4.74 Å². The van der Waals surface area contributed by atoms with Crippen LogP contribution in [0.1, 0.15) is 32.3 Å². The summed E-state index contributed by atoms with van der Waals surface area (Å²) in [7, 11) is 0. The van der Waals surface area contributed by atoms with E-state index >= 15 is 0 Å². The van der Waals surface area contributed by atoms with Gasteiger partial charge in [0.1, 0.15) is 24.4 Å². The third-order valence-electron chi connectivity index (χ3n) is 8.44. The lowest BCUT2D eigenvalue weighted by Gasteiger charge is -2.41. The van der Waals surface area contributed by atoms with Crippen molar-refractivity contribution in [1.82, 2.24) is 25.3 Å². The number of carbonyl (C=O) groups is 5. The van der Waals surface area contributed by atoms with Crippen molar-refractivity contribution in [3.05, 3.63) is 29.8 Å². The maximum absolute atomic E-state index is 14.0. The Labute approximate surface area is 243 Å².